The van der Waals surface area contributed by atoms with Crippen molar-refractivity contribution in [1.82, 2.24) is 0 Å². The van der Waals surface area contributed by atoms with Crippen molar-refractivity contribution in [2.75, 3.05) is 5.32 Å². The zero-order valence-electron chi connectivity index (χ0n) is 12.2. The number of amides is 2. The molecule has 0 heterocycles. The van der Waals surface area contributed by atoms with E-state index in [0.717, 1.165) is 18.4 Å². The topological polar surface area (TPSA) is 72.2 Å². The highest BCUT2D eigenvalue weighted by Crippen LogP contribution is 2.16. The van der Waals surface area contributed by atoms with Gasteiger partial charge in [0, 0.05) is 12.1 Å². The first-order chi connectivity index (χ1) is 9.63. The molecule has 0 fully saturated rings. The Bertz CT molecular complexity index is 444. The van der Waals surface area contributed by atoms with E-state index >= 15 is 0 Å². The summed E-state index contributed by atoms with van der Waals surface area (Å²) >= 11 is 0. The number of primary amides is 1. The van der Waals surface area contributed by atoms with Gasteiger partial charge >= 0.3 is 0 Å². The van der Waals surface area contributed by atoms with Crippen molar-refractivity contribution in [3.63, 3.8) is 0 Å². The van der Waals surface area contributed by atoms with E-state index in [-0.39, 0.29) is 12.3 Å². The maximum atomic E-state index is 11.9. The van der Waals surface area contributed by atoms with Crippen molar-refractivity contribution in [2.45, 2.75) is 51.9 Å². The van der Waals surface area contributed by atoms with Gasteiger partial charge in [0.25, 0.3) is 0 Å². The summed E-state index contributed by atoms with van der Waals surface area (Å²) in [6, 6.07) is 7.27. The van der Waals surface area contributed by atoms with Crippen LogP contribution >= 0.6 is 0 Å². The molecule has 0 bridgehead atoms. The number of nitrogens with one attached hydrogen (secondary N) is 1. The minimum absolute atomic E-state index is 0.00146. The van der Waals surface area contributed by atoms with Crippen LogP contribution in [0.25, 0.3) is 0 Å². The van der Waals surface area contributed by atoms with E-state index in [0.29, 0.717) is 12.1 Å². The lowest BCUT2D eigenvalue weighted by molar-refractivity contribution is -0.118. The van der Waals surface area contributed by atoms with Crippen molar-refractivity contribution in [2.24, 2.45) is 5.73 Å². The van der Waals surface area contributed by atoms with Gasteiger partial charge in [-0.3, -0.25) is 9.59 Å². The third-order valence-electron chi connectivity index (χ3n) is 3.16. The van der Waals surface area contributed by atoms with Gasteiger partial charge in [0.05, 0.1) is 6.42 Å². The van der Waals surface area contributed by atoms with Crippen molar-refractivity contribution in [3.8, 4) is 0 Å². The van der Waals surface area contributed by atoms with Gasteiger partial charge in [-0.2, -0.15) is 0 Å². The van der Waals surface area contributed by atoms with Gasteiger partial charge in [0.15, 0.2) is 0 Å². The van der Waals surface area contributed by atoms with Gasteiger partial charge in [-0.1, -0.05) is 50.8 Å². The van der Waals surface area contributed by atoms with Crippen LogP contribution in [0.2, 0.25) is 0 Å². The lowest BCUT2D eigenvalue weighted by atomic mass is 10.1. The molecule has 0 saturated carbocycles. The number of unbranched alkanes of at least 4 members (excludes halogenated alkanes) is 4. The van der Waals surface area contributed by atoms with Crippen LogP contribution in [-0.4, -0.2) is 11.8 Å². The fourth-order valence-electron chi connectivity index (χ4n) is 2.09. The number of carbonyl (C=O) groups is 2. The fraction of sp³-hybridized carbons (Fsp3) is 0.500. The Morgan fingerprint density at radius 3 is 2.50 bits per heavy atom. The number of para-hydroxylation sites is 1. The number of benzene rings is 1. The quantitative estimate of drug-likeness (QED) is 0.680. The Morgan fingerprint density at radius 2 is 1.80 bits per heavy atom. The Labute approximate surface area is 120 Å². The van der Waals surface area contributed by atoms with Crippen molar-refractivity contribution >= 4 is 17.5 Å². The lowest BCUT2D eigenvalue weighted by Gasteiger charge is -2.09. The minimum atomic E-state index is -0.397. The van der Waals surface area contributed by atoms with Gasteiger partial charge in [0.1, 0.15) is 0 Å². The molecule has 1 aromatic carbocycles. The number of hydrogen-bond donors (Lipinski definition) is 2. The number of anilines is 1. The van der Waals surface area contributed by atoms with Crippen LogP contribution in [0.3, 0.4) is 0 Å². The molecule has 0 saturated heterocycles. The van der Waals surface area contributed by atoms with E-state index in [1.54, 1.807) is 6.07 Å². The molecule has 0 aliphatic rings. The molecule has 4 heteroatoms. The zero-order chi connectivity index (χ0) is 14.8. The molecule has 110 valence electrons. The molecule has 0 aliphatic carbocycles. The van der Waals surface area contributed by atoms with Crippen molar-refractivity contribution in [3.05, 3.63) is 29.8 Å². The summed E-state index contributed by atoms with van der Waals surface area (Å²) in [5.74, 6) is -0.398. The summed E-state index contributed by atoms with van der Waals surface area (Å²) in [7, 11) is 0. The number of carbonyl (C=O) groups excluding carboxylic acids is 2. The molecule has 0 atom stereocenters. The van der Waals surface area contributed by atoms with E-state index in [4.69, 9.17) is 5.73 Å². The monoisotopic (exact) mass is 276 g/mol. The maximum absolute atomic E-state index is 11.9. The Hall–Kier alpha value is -1.84. The summed E-state index contributed by atoms with van der Waals surface area (Å²) in [5, 5.41) is 2.86. The van der Waals surface area contributed by atoms with Gasteiger partial charge in [-0.05, 0) is 18.1 Å². The highest BCUT2D eigenvalue weighted by Gasteiger charge is 2.08. The first kappa shape index (κ1) is 16.2. The highest BCUT2D eigenvalue weighted by atomic mass is 16.2. The molecule has 20 heavy (non-hydrogen) atoms. The van der Waals surface area contributed by atoms with Crippen LogP contribution in [0, 0.1) is 0 Å². The predicted molar refractivity (Wildman–Crippen MR) is 81.3 cm³/mol. The highest BCUT2D eigenvalue weighted by molar-refractivity contribution is 5.92. The van der Waals surface area contributed by atoms with Crippen LogP contribution in [-0.2, 0) is 16.0 Å². The van der Waals surface area contributed by atoms with Crippen molar-refractivity contribution < 1.29 is 9.59 Å². The molecule has 2 amide bonds. The molecule has 1 aromatic rings. The average molecular weight is 276 g/mol. The Morgan fingerprint density at radius 1 is 1.10 bits per heavy atom. The van der Waals surface area contributed by atoms with Crippen LogP contribution in [0.15, 0.2) is 24.3 Å². The first-order valence-electron chi connectivity index (χ1n) is 7.29. The van der Waals surface area contributed by atoms with Crippen LogP contribution in [0.4, 0.5) is 5.69 Å². The lowest BCUT2D eigenvalue weighted by Crippen LogP contribution is -2.17. The molecule has 1 rings (SSSR count). The molecule has 4 nitrogen and oxygen atoms in total. The third-order valence-corrected chi connectivity index (χ3v) is 3.16. The second-order valence-corrected chi connectivity index (χ2v) is 5.01. The SMILES string of the molecule is CCCCCCCC(=O)Nc1ccccc1CC(N)=O. The second-order valence-electron chi connectivity index (χ2n) is 5.01. The molecule has 3 N–H and O–H groups in total. The molecular weight excluding hydrogens is 252 g/mol. The van der Waals surface area contributed by atoms with E-state index in [1.807, 2.05) is 18.2 Å². The molecule has 0 spiro atoms. The van der Waals surface area contributed by atoms with Crippen LogP contribution < -0.4 is 11.1 Å². The smallest absolute Gasteiger partial charge is 0.224 e. The van der Waals surface area contributed by atoms with E-state index in [1.165, 1.54) is 19.3 Å². The molecule has 0 aliphatic heterocycles. The Kier molecular flexibility index (Phi) is 7.40. The largest absolute Gasteiger partial charge is 0.369 e. The summed E-state index contributed by atoms with van der Waals surface area (Å²) < 4.78 is 0. The van der Waals surface area contributed by atoms with Crippen LogP contribution in [0.5, 0.6) is 0 Å². The maximum Gasteiger partial charge on any atom is 0.224 e. The predicted octanol–water partition coefficient (Wildman–Crippen LogP) is 3.01. The van der Waals surface area contributed by atoms with Crippen molar-refractivity contribution in [1.29, 1.82) is 0 Å². The minimum Gasteiger partial charge on any atom is -0.369 e. The average Bonchev–Trinajstić information content (AvgIpc) is 2.40. The molecule has 0 unspecified atom stereocenters. The van der Waals surface area contributed by atoms with Gasteiger partial charge in [-0.15, -0.1) is 0 Å². The summed E-state index contributed by atoms with van der Waals surface area (Å²) in [5.41, 5.74) is 6.65. The zero-order valence-corrected chi connectivity index (χ0v) is 12.2. The third kappa shape index (κ3) is 6.36. The molecular formula is C16H24N2O2. The fourth-order valence-corrected chi connectivity index (χ4v) is 2.09. The normalized spacial score (nSPS) is 10.2. The second kappa shape index (κ2) is 9.13. The van der Waals surface area contributed by atoms with Crippen LogP contribution in [0.1, 0.15) is 51.0 Å². The molecule has 0 radical (unpaired) electrons. The number of hydrogen-bond acceptors (Lipinski definition) is 2. The summed E-state index contributed by atoms with van der Waals surface area (Å²) in [4.78, 5) is 22.8. The number of nitrogens with two attached hydrogens (primary N) is 1. The Balaban J connectivity index is 2.43. The van der Waals surface area contributed by atoms with Gasteiger partial charge in [0.2, 0.25) is 11.8 Å². The van der Waals surface area contributed by atoms with E-state index < -0.39 is 5.91 Å². The van der Waals surface area contributed by atoms with Gasteiger partial charge < -0.3 is 11.1 Å². The summed E-state index contributed by atoms with van der Waals surface area (Å²) in [6.07, 6.45) is 6.27. The van der Waals surface area contributed by atoms with E-state index in [9.17, 15) is 9.59 Å². The first-order valence-corrected chi connectivity index (χ1v) is 7.29. The van der Waals surface area contributed by atoms with Gasteiger partial charge in [-0.25, -0.2) is 0 Å². The summed E-state index contributed by atoms with van der Waals surface area (Å²) in [6.45, 7) is 2.17. The standard InChI is InChI=1S/C16H24N2O2/c1-2-3-4-5-6-11-16(20)18-14-10-8-7-9-13(14)12-15(17)19/h7-10H,2-6,11-12H2,1H3,(H2,17,19)(H,18,20). The van der Waals surface area contributed by atoms with E-state index in [2.05, 4.69) is 12.2 Å². The number of rotatable bonds is 9. The molecule has 0 aromatic heterocycles.